The van der Waals surface area contributed by atoms with E-state index in [4.69, 9.17) is 4.42 Å². The molecule has 1 amide bonds. The van der Waals surface area contributed by atoms with E-state index in [0.717, 1.165) is 17.7 Å². The number of carbonyl (C=O) groups is 1. The van der Waals surface area contributed by atoms with Gasteiger partial charge in [0.15, 0.2) is 0 Å². The molecule has 1 aromatic heterocycles. The molecule has 2 aliphatic rings. The molecule has 27 heavy (non-hydrogen) atoms. The summed E-state index contributed by atoms with van der Waals surface area (Å²) >= 11 is 0. The fourth-order valence-corrected chi connectivity index (χ4v) is 3.72. The summed E-state index contributed by atoms with van der Waals surface area (Å²) in [6.07, 6.45) is -2.10. The number of piperidine rings is 1. The van der Waals surface area contributed by atoms with Gasteiger partial charge in [0.05, 0.1) is 5.41 Å². The molecular weight excluding hydrogens is 363 g/mol. The summed E-state index contributed by atoms with van der Waals surface area (Å²) < 4.78 is 44.6. The van der Waals surface area contributed by atoms with E-state index in [-0.39, 0.29) is 29.8 Å². The average molecular weight is 389 g/mol. The van der Waals surface area contributed by atoms with Gasteiger partial charge in [0.25, 0.3) is 5.91 Å². The zero-order valence-corrected chi connectivity index (χ0v) is 16.1. The standard InChI is InChI=1S/C18H26F3N3O3/c1-15(2,3)12-22-23-13(27-12)17(7-8-17)11-5-9-24(10-6-11)14(25)16(4,26)18(19,20)21/h11,26H,5-10H2,1-4H3/t16-/m1/s1. The second-order valence-electron chi connectivity index (χ2n) is 8.95. The molecule has 3 rings (SSSR count). The number of aromatic nitrogens is 2. The predicted octanol–water partition coefficient (Wildman–Crippen LogP) is 2.95. The predicted molar refractivity (Wildman–Crippen MR) is 89.9 cm³/mol. The third kappa shape index (κ3) is 3.46. The molecule has 0 bridgehead atoms. The lowest BCUT2D eigenvalue weighted by Crippen LogP contribution is -2.57. The highest BCUT2D eigenvalue weighted by atomic mass is 19.4. The third-order valence-electron chi connectivity index (χ3n) is 5.81. The van der Waals surface area contributed by atoms with Crippen molar-refractivity contribution in [2.24, 2.45) is 5.92 Å². The van der Waals surface area contributed by atoms with Crippen molar-refractivity contribution < 1.29 is 27.5 Å². The Morgan fingerprint density at radius 3 is 2.11 bits per heavy atom. The number of hydrogen-bond acceptors (Lipinski definition) is 5. The van der Waals surface area contributed by atoms with Crippen LogP contribution < -0.4 is 0 Å². The number of alkyl halides is 3. The van der Waals surface area contributed by atoms with Crippen LogP contribution in [0.15, 0.2) is 4.42 Å². The Morgan fingerprint density at radius 1 is 1.15 bits per heavy atom. The highest BCUT2D eigenvalue weighted by Crippen LogP contribution is 2.56. The van der Waals surface area contributed by atoms with E-state index in [0.29, 0.717) is 31.5 Å². The monoisotopic (exact) mass is 389 g/mol. The van der Waals surface area contributed by atoms with Gasteiger partial charge in [-0.2, -0.15) is 13.2 Å². The van der Waals surface area contributed by atoms with Gasteiger partial charge in [0.1, 0.15) is 0 Å². The van der Waals surface area contributed by atoms with Gasteiger partial charge < -0.3 is 14.4 Å². The zero-order chi connectivity index (χ0) is 20.3. The lowest BCUT2D eigenvalue weighted by molar-refractivity contribution is -0.250. The molecule has 1 aliphatic heterocycles. The van der Waals surface area contributed by atoms with E-state index in [9.17, 15) is 23.1 Å². The van der Waals surface area contributed by atoms with Crippen molar-refractivity contribution in [3.63, 3.8) is 0 Å². The van der Waals surface area contributed by atoms with Crippen molar-refractivity contribution in [1.82, 2.24) is 15.1 Å². The molecule has 1 saturated heterocycles. The lowest BCUT2D eigenvalue weighted by Gasteiger charge is -2.38. The average Bonchev–Trinajstić information content (AvgIpc) is 3.20. The summed E-state index contributed by atoms with van der Waals surface area (Å²) in [6.45, 7) is 6.83. The summed E-state index contributed by atoms with van der Waals surface area (Å²) in [4.78, 5) is 13.2. The van der Waals surface area contributed by atoms with Crippen molar-refractivity contribution in [3.05, 3.63) is 11.8 Å². The van der Waals surface area contributed by atoms with Crippen LogP contribution in [0.2, 0.25) is 0 Å². The fourth-order valence-electron chi connectivity index (χ4n) is 3.72. The number of likely N-dealkylation sites (tertiary alicyclic amines) is 1. The Hall–Kier alpha value is -1.64. The minimum atomic E-state index is -4.99. The molecule has 1 saturated carbocycles. The molecular formula is C18H26F3N3O3. The van der Waals surface area contributed by atoms with Gasteiger partial charge in [-0.3, -0.25) is 4.79 Å². The van der Waals surface area contributed by atoms with Crippen molar-refractivity contribution in [3.8, 4) is 0 Å². The van der Waals surface area contributed by atoms with Crippen LogP contribution >= 0.6 is 0 Å². The van der Waals surface area contributed by atoms with E-state index in [1.54, 1.807) is 0 Å². The van der Waals surface area contributed by atoms with E-state index in [2.05, 4.69) is 10.2 Å². The van der Waals surface area contributed by atoms with Crippen LogP contribution in [0, 0.1) is 5.92 Å². The Balaban J connectivity index is 1.67. The van der Waals surface area contributed by atoms with Crippen LogP contribution in [0.3, 0.4) is 0 Å². The van der Waals surface area contributed by atoms with Crippen LogP contribution in [0.25, 0.3) is 0 Å². The number of amides is 1. The molecule has 1 atom stereocenters. The fraction of sp³-hybridized carbons (Fsp3) is 0.833. The molecule has 2 heterocycles. The van der Waals surface area contributed by atoms with Gasteiger partial charge in [-0.25, -0.2) is 0 Å². The summed E-state index contributed by atoms with van der Waals surface area (Å²) in [7, 11) is 0. The van der Waals surface area contributed by atoms with Gasteiger partial charge in [-0.15, -0.1) is 10.2 Å². The van der Waals surface area contributed by atoms with Gasteiger partial charge >= 0.3 is 6.18 Å². The molecule has 152 valence electrons. The molecule has 0 aromatic carbocycles. The normalized spacial score (nSPS) is 23.2. The van der Waals surface area contributed by atoms with Crippen LogP contribution in [0.1, 0.15) is 65.2 Å². The Bertz CT molecular complexity index is 709. The second kappa shape index (κ2) is 6.18. The molecule has 1 aliphatic carbocycles. The quantitative estimate of drug-likeness (QED) is 0.860. The largest absolute Gasteiger partial charge is 0.426 e. The maximum absolute atomic E-state index is 12.9. The highest BCUT2D eigenvalue weighted by molar-refractivity contribution is 5.85. The lowest BCUT2D eigenvalue weighted by atomic mass is 9.81. The molecule has 6 nitrogen and oxygen atoms in total. The van der Waals surface area contributed by atoms with E-state index < -0.39 is 17.7 Å². The Kier molecular flexibility index (Phi) is 4.61. The van der Waals surface area contributed by atoms with E-state index in [1.165, 1.54) is 0 Å². The molecule has 9 heteroatoms. The minimum absolute atomic E-state index is 0.172. The van der Waals surface area contributed by atoms with Crippen LogP contribution in [0.4, 0.5) is 13.2 Å². The highest BCUT2D eigenvalue weighted by Gasteiger charge is 2.59. The maximum Gasteiger partial charge on any atom is 0.426 e. The van der Waals surface area contributed by atoms with Crippen molar-refractivity contribution >= 4 is 5.91 Å². The number of rotatable bonds is 3. The first kappa shape index (κ1) is 20.1. The number of halogens is 3. The number of aliphatic hydroxyl groups is 1. The maximum atomic E-state index is 12.9. The van der Waals surface area contributed by atoms with E-state index in [1.807, 2.05) is 20.8 Å². The summed E-state index contributed by atoms with van der Waals surface area (Å²) in [5.74, 6) is 0.0499. The summed E-state index contributed by atoms with van der Waals surface area (Å²) in [5.41, 5.74) is -3.83. The van der Waals surface area contributed by atoms with Gasteiger partial charge in [-0.1, -0.05) is 20.8 Å². The summed E-state index contributed by atoms with van der Waals surface area (Å²) in [6, 6.07) is 0. The van der Waals surface area contributed by atoms with Crippen LogP contribution in [-0.2, 0) is 15.6 Å². The number of nitrogens with zero attached hydrogens (tertiary/aromatic N) is 3. The first-order valence-electron chi connectivity index (χ1n) is 9.22. The first-order chi connectivity index (χ1) is 12.3. The van der Waals surface area contributed by atoms with Gasteiger partial charge in [-0.05, 0) is 38.5 Å². The third-order valence-corrected chi connectivity index (χ3v) is 5.81. The molecule has 1 aromatic rings. The number of carbonyl (C=O) groups excluding carboxylic acids is 1. The van der Waals surface area contributed by atoms with Gasteiger partial charge in [0, 0.05) is 18.5 Å². The molecule has 2 fully saturated rings. The topological polar surface area (TPSA) is 79.5 Å². The zero-order valence-electron chi connectivity index (χ0n) is 16.1. The smallest absolute Gasteiger partial charge is 0.424 e. The van der Waals surface area contributed by atoms with Crippen LogP contribution in [-0.4, -0.2) is 51.0 Å². The van der Waals surface area contributed by atoms with E-state index >= 15 is 0 Å². The second-order valence-corrected chi connectivity index (χ2v) is 8.95. The number of hydrogen-bond donors (Lipinski definition) is 1. The molecule has 0 radical (unpaired) electrons. The SMILES string of the molecule is CC(C)(C)c1nnc(C2(C3CCN(C(=O)[C@@](C)(O)C(F)(F)F)CC3)CC2)o1. The molecule has 0 unspecified atom stereocenters. The van der Waals surface area contributed by atoms with Gasteiger partial charge in [0.2, 0.25) is 17.4 Å². The first-order valence-corrected chi connectivity index (χ1v) is 9.22. The van der Waals surface area contributed by atoms with Crippen LogP contribution in [0.5, 0.6) is 0 Å². The summed E-state index contributed by atoms with van der Waals surface area (Å²) in [5, 5.41) is 18.0. The van der Waals surface area contributed by atoms with Crippen molar-refractivity contribution in [2.45, 2.75) is 76.0 Å². The molecule has 1 N–H and O–H groups in total. The Labute approximate surface area is 156 Å². The van der Waals surface area contributed by atoms with Crippen molar-refractivity contribution in [2.75, 3.05) is 13.1 Å². The minimum Gasteiger partial charge on any atom is -0.424 e. The van der Waals surface area contributed by atoms with Crippen molar-refractivity contribution in [1.29, 1.82) is 0 Å². The Morgan fingerprint density at radius 2 is 1.70 bits per heavy atom. The molecule has 0 spiro atoms.